The van der Waals surface area contributed by atoms with Crippen molar-refractivity contribution in [2.75, 3.05) is 18.5 Å². The van der Waals surface area contributed by atoms with Crippen molar-refractivity contribution < 1.29 is 4.74 Å². The van der Waals surface area contributed by atoms with Gasteiger partial charge >= 0.3 is 0 Å². The molecule has 1 aliphatic heterocycles. The van der Waals surface area contributed by atoms with Crippen molar-refractivity contribution in [1.29, 1.82) is 0 Å². The highest BCUT2D eigenvalue weighted by atomic mass is 16.5. The minimum absolute atomic E-state index is 0.151. The first kappa shape index (κ1) is 15.1. The normalized spacial score (nSPS) is 18.8. The third-order valence-electron chi connectivity index (χ3n) is 4.63. The summed E-state index contributed by atoms with van der Waals surface area (Å²) in [5.74, 6) is 1.21. The van der Waals surface area contributed by atoms with Gasteiger partial charge in [-0.2, -0.15) is 0 Å². The van der Waals surface area contributed by atoms with Crippen molar-refractivity contribution in [2.24, 2.45) is 5.92 Å². The zero-order chi connectivity index (χ0) is 16.4. The zero-order valence-corrected chi connectivity index (χ0v) is 13.7. The molecule has 1 aromatic carbocycles. The van der Waals surface area contributed by atoms with E-state index in [0.29, 0.717) is 5.92 Å². The maximum Gasteiger partial charge on any atom is 0.165 e. The molecule has 124 valence electrons. The van der Waals surface area contributed by atoms with Gasteiger partial charge in [-0.1, -0.05) is 30.3 Å². The fourth-order valence-electron chi connectivity index (χ4n) is 3.31. The van der Waals surface area contributed by atoms with Crippen LogP contribution in [0.4, 0.5) is 5.82 Å². The van der Waals surface area contributed by atoms with E-state index in [0.717, 1.165) is 43.2 Å². The molecular formula is C18H21N5O. The van der Waals surface area contributed by atoms with Gasteiger partial charge in [0.2, 0.25) is 0 Å². The summed E-state index contributed by atoms with van der Waals surface area (Å²) in [5, 5.41) is 3.61. The molecule has 3 aromatic rings. The second-order valence-corrected chi connectivity index (χ2v) is 6.08. The van der Waals surface area contributed by atoms with Gasteiger partial charge in [0.15, 0.2) is 11.5 Å². The monoisotopic (exact) mass is 323 g/mol. The van der Waals surface area contributed by atoms with Gasteiger partial charge in [-0.05, 0) is 18.9 Å². The Balaban J connectivity index is 1.71. The number of rotatable bonds is 5. The molecule has 0 aliphatic carbocycles. The topological polar surface area (TPSA) is 64.9 Å². The van der Waals surface area contributed by atoms with E-state index in [1.54, 1.807) is 6.33 Å². The van der Waals surface area contributed by atoms with Crippen LogP contribution in [0.5, 0.6) is 0 Å². The lowest BCUT2D eigenvalue weighted by atomic mass is 9.92. The molecule has 0 bridgehead atoms. The fraction of sp³-hybridized carbons (Fsp3) is 0.389. The van der Waals surface area contributed by atoms with E-state index in [1.165, 1.54) is 5.56 Å². The van der Waals surface area contributed by atoms with Crippen LogP contribution in [0.1, 0.15) is 24.9 Å². The van der Waals surface area contributed by atoms with Gasteiger partial charge in [-0.25, -0.2) is 15.0 Å². The molecule has 1 N–H and O–H groups in total. The van der Waals surface area contributed by atoms with Crippen molar-refractivity contribution >= 4 is 17.0 Å². The van der Waals surface area contributed by atoms with Crippen LogP contribution in [-0.2, 0) is 11.3 Å². The number of imidazole rings is 1. The van der Waals surface area contributed by atoms with Gasteiger partial charge in [-0.15, -0.1) is 0 Å². The number of nitrogens with one attached hydrogen (secondary N) is 1. The lowest BCUT2D eigenvalue weighted by Gasteiger charge is -2.24. The summed E-state index contributed by atoms with van der Waals surface area (Å²) >= 11 is 0. The van der Waals surface area contributed by atoms with Crippen LogP contribution in [0.2, 0.25) is 0 Å². The van der Waals surface area contributed by atoms with E-state index in [9.17, 15) is 0 Å². The first-order valence-electron chi connectivity index (χ1n) is 8.42. The minimum Gasteiger partial charge on any atom is -0.381 e. The van der Waals surface area contributed by atoms with Gasteiger partial charge in [0.25, 0.3) is 0 Å². The first-order valence-corrected chi connectivity index (χ1v) is 8.42. The molecule has 6 heteroatoms. The van der Waals surface area contributed by atoms with Crippen LogP contribution in [0.25, 0.3) is 11.2 Å². The van der Waals surface area contributed by atoms with E-state index >= 15 is 0 Å². The Kier molecular flexibility index (Phi) is 4.13. The Labute approximate surface area is 140 Å². The van der Waals surface area contributed by atoms with Crippen molar-refractivity contribution in [1.82, 2.24) is 19.5 Å². The highest BCUT2D eigenvalue weighted by Gasteiger charge is 2.28. The molecule has 1 aliphatic rings. The number of anilines is 1. The van der Waals surface area contributed by atoms with Crippen molar-refractivity contribution in [3.8, 4) is 0 Å². The highest BCUT2D eigenvalue weighted by molar-refractivity contribution is 5.82. The number of benzene rings is 1. The Morgan fingerprint density at radius 1 is 1.25 bits per heavy atom. The second-order valence-electron chi connectivity index (χ2n) is 6.08. The minimum atomic E-state index is 0.151. The number of hydrogen-bond donors (Lipinski definition) is 1. The summed E-state index contributed by atoms with van der Waals surface area (Å²) in [5.41, 5.74) is 2.93. The van der Waals surface area contributed by atoms with Gasteiger partial charge in [0.1, 0.15) is 11.8 Å². The summed E-state index contributed by atoms with van der Waals surface area (Å²) in [7, 11) is 0. The predicted molar refractivity (Wildman–Crippen MR) is 92.7 cm³/mol. The molecule has 2 aromatic heterocycles. The number of hydrogen-bond acceptors (Lipinski definition) is 5. The van der Waals surface area contributed by atoms with Crippen LogP contribution >= 0.6 is 0 Å². The lowest BCUT2D eigenvalue weighted by Crippen LogP contribution is -2.22. The van der Waals surface area contributed by atoms with Gasteiger partial charge < -0.3 is 14.6 Å². The summed E-state index contributed by atoms with van der Waals surface area (Å²) < 4.78 is 7.64. The Bertz CT molecular complexity index is 811. The van der Waals surface area contributed by atoms with E-state index in [1.807, 2.05) is 17.0 Å². The SMILES string of the molecule is CCn1cnc2c(N[C@@H](c3ccccc3)[C@H]3CCOC3)ncnc21. The molecular weight excluding hydrogens is 302 g/mol. The quantitative estimate of drug-likeness (QED) is 0.782. The lowest BCUT2D eigenvalue weighted by molar-refractivity contribution is 0.182. The molecule has 4 rings (SSSR count). The standard InChI is InChI=1S/C18H21N5O/c1-2-23-12-21-16-17(19-11-20-18(16)23)22-15(14-8-9-24-10-14)13-6-4-3-5-7-13/h3-7,11-12,14-15H,2,8-10H2,1H3,(H,19,20,22)/t14-,15-/m0/s1. The van der Waals surface area contributed by atoms with Crippen LogP contribution < -0.4 is 5.32 Å². The average Bonchev–Trinajstić information content (AvgIpc) is 3.30. The average molecular weight is 323 g/mol. The first-order chi connectivity index (χ1) is 11.9. The van der Waals surface area contributed by atoms with E-state index in [-0.39, 0.29) is 6.04 Å². The molecule has 2 atom stereocenters. The smallest absolute Gasteiger partial charge is 0.165 e. The van der Waals surface area contributed by atoms with Crippen molar-refractivity contribution in [3.05, 3.63) is 48.5 Å². The van der Waals surface area contributed by atoms with Crippen molar-refractivity contribution in [2.45, 2.75) is 25.9 Å². The molecule has 6 nitrogen and oxygen atoms in total. The fourth-order valence-corrected chi connectivity index (χ4v) is 3.31. The largest absolute Gasteiger partial charge is 0.381 e. The number of aryl methyl sites for hydroxylation is 1. The number of ether oxygens (including phenoxy) is 1. The molecule has 1 saturated heterocycles. The Morgan fingerprint density at radius 3 is 2.88 bits per heavy atom. The third-order valence-corrected chi connectivity index (χ3v) is 4.63. The summed E-state index contributed by atoms with van der Waals surface area (Å²) in [6.07, 6.45) is 4.47. The molecule has 0 saturated carbocycles. The molecule has 0 spiro atoms. The van der Waals surface area contributed by atoms with E-state index in [2.05, 4.69) is 51.5 Å². The predicted octanol–water partition coefficient (Wildman–Crippen LogP) is 3.04. The van der Waals surface area contributed by atoms with Crippen LogP contribution in [0.3, 0.4) is 0 Å². The summed E-state index contributed by atoms with van der Waals surface area (Å²) in [6, 6.07) is 10.6. The van der Waals surface area contributed by atoms with Gasteiger partial charge in [-0.3, -0.25) is 0 Å². The number of fused-ring (bicyclic) bond motifs is 1. The molecule has 24 heavy (non-hydrogen) atoms. The maximum absolute atomic E-state index is 5.61. The Morgan fingerprint density at radius 2 is 2.12 bits per heavy atom. The van der Waals surface area contributed by atoms with E-state index in [4.69, 9.17) is 4.74 Å². The molecule has 1 fully saturated rings. The maximum atomic E-state index is 5.61. The van der Waals surface area contributed by atoms with Crippen LogP contribution in [0.15, 0.2) is 43.0 Å². The Hall–Kier alpha value is -2.47. The number of nitrogens with zero attached hydrogens (tertiary/aromatic N) is 4. The molecule has 0 unspecified atom stereocenters. The second kappa shape index (κ2) is 6.57. The van der Waals surface area contributed by atoms with E-state index < -0.39 is 0 Å². The summed E-state index contributed by atoms with van der Waals surface area (Å²) in [6.45, 7) is 4.51. The third kappa shape index (κ3) is 2.73. The number of aromatic nitrogens is 4. The van der Waals surface area contributed by atoms with Gasteiger partial charge in [0.05, 0.1) is 19.0 Å². The van der Waals surface area contributed by atoms with Crippen LogP contribution in [-0.4, -0.2) is 32.7 Å². The molecule has 3 heterocycles. The molecule has 0 radical (unpaired) electrons. The highest BCUT2D eigenvalue weighted by Crippen LogP contribution is 2.32. The molecule has 0 amide bonds. The van der Waals surface area contributed by atoms with Crippen LogP contribution in [0, 0.1) is 5.92 Å². The zero-order valence-electron chi connectivity index (χ0n) is 13.7. The summed E-state index contributed by atoms with van der Waals surface area (Å²) in [4.78, 5) is 13.3. The van der Waals surface area contributed by atoms with Crippen molar-refractivity contribution in [3.63, 3.8) is 0 Å². The van der Waals surface area contributed by atoms with Gasteiger partial charge in [0, 0.05) is 19.1 Å².